The van der Waals surface area contributed by atoms with E-state index in [1.807, 2.05) is 5.38 Å². The van der Waals surface area contributed by atoms with Crippen LogP contribution in [0.15, 0.2) is 35.9 Å². The molecule has 1 N–H and O–H groups in total. The highest BCUT2D eigenvalue weighted by Crippen LogP contribution is 2.32. The van der Waals surface area contributed by atoms with Crippen molar-refractivity contribution in [2.24, 2.45) is 0 Å². The van der Waals surface area contributed by atoms with Crippen molar-refractivity contribution in [3.8, 4) is 11.5 Å². The van der Waals surface area contributed by atoms with E-state index in [1.165, 1.54) is 24.5 Å². The lowest BCUT2D eigenvalue weighted by Crippen LogP contribution is -1.99. The first-order valence-electron chi connectivity index (χ1n) is 5.80. The van der Waals surface area contributed by atoms with Crippen LogP contribution in [0, 0.1) is 0 Å². The predicted octanol–water partition coefficient (Wildman–Crippen LogP) is 2.83. The van der Waals surface area contributed by atoms with Crippen molar-refractivity contribution in [3.63, 3.8) is 0 Å². The minimum Gasteiger partial charge on any atom is -0.493 e. The van der Waals surface area contributed by atoms with E-state index in [9.17, 15) is 4.79 Å². The zero-order chi connectivity index (χ0) is 14.4. The molecule has 6 heteroatoms. The number of carboxylic acids is 1. The Balaban J connectivity index is 2.25. The van der Waals surface area contributed by atoms with Crippen molar-refractivity contribution in [2.45, 2.75) is 6.61 Å². The molecule has 20 heavy (non-hydrogen) atoms. The summed E-state index contributed by atoms with van der Waals surface area (Å²) in [6, 6.07) is 5.30. The number of aromatic nitrogens is 1. The lowest BCUT2D eigenvalue weighted by Gasteiger charge is -2.12. The quantitative estimate of drug-likeness (QED) is 0.829. The lowest BCUT2D eigenvalue weighted by atomic mass is 10.1. The molecule has 0 spiro atoms. The molecule has 0 saturated carbocycles. The molecule has 2 aromatic rings. The molecule has 1 aromatic carbocycles. The van der Waals surface area contributed by atoms with Crippen LogP contribution in [0.5, 0.6) is 11.5 Å². The van der Waals surface area contributed by atoms with Crippen molar-refractivity contribution < 1.29 is 19.4 Å². The Morgan fingerprint density at radius 1 is 1.50 bits per heavy atom. The number of carbonyl (C=O) groups is 1. The molecule has 0 atom stereocenters. The Bertz CT molecular complexity index is 608. The van der Waals surface area contributed by atoms with Gasteiger partial charge in [-0.15, -0.1) is 11.3 Å². The van der Waals surface area contributed by atoms with Crippen molar-refractivity contribution in [1.82, 2.24) is 4.98 Å². The number of hydrogen-bond acceptors (Lipinski definition) is 5. The highest BCUT2D eigenvalue weighted by molar-refractivity contribution is 7.09. The zero-order valence-corrected chi connectivity index (χ0v) is 11.6. The average Bonchev–Trinajstić information content (AvgIpc) is 2.96. The fourth-order valence-corrected chi connectivity index (χ4v) is 2.13. The number of benzene rings is 1. The smallest absolute Gasteiger partial charge is 0.328 e. The summed E-state index contributed by atoms with van der Waals surface area (Å²) < 4.78 is 11.0. The van der Waals surface area contributed by atoms with Gasteiger partial charge in [0.15, 0.2) is 11.5 Å². The normalized spacial score (nSPS) is 10.7. The summed E-state index contributed by atoms with van der Waals surface area (Å²) in [5.74, 6) is 0.0375. The molecule has 0 aliphatic heterocycles. The van der Waals surface area contributed by atoms with Gasteiger partial charge in [0.05, 0.1) is 7.11 Å². The molecule has 0 bridgehead atoms. The molecule has 2 rings (SSSR count). The minimum atomic E-state index is -1.02. The molecule has 1 aromatic heterocycles. The SMILES string of the molecule is COc1cccc(/C=C/C(=O)O)c1OCc1nccs1. The second-order valence-corrected chi connectivity index (χ2v) is 4.74. The van der Waals surface area contributed by atoms with Crippen LogP contribution in [-0.4, -0.2) is 23.2 Å². The van der Waals surface area contributed by atoms with E-state index in [4.69, 9.17) is 14.6 Å². The molecular formula is C14H13NO4S. The maximum Gasteiger partial charge on any atom is 0.328 e. The molecule has 104 valence electrons. The van der Waals surface area contributed by atoms with Gasteiger partial charge >= 0.3 is 5.97 Å². The van der Waals surface area contributed by atoms with Gasteiger partial charge in [0.2, 0.25) is 0 Å². The highest BCUT2D eigenvalue weighted by atomic mass is 32.1. The topological polar surface area (TPSA) is 68.7 Å². The van der Waals surface area contributed by atoms with Crippen LogP contribution in [0.4, 0.5) is 0 Å². The van der Waals surface area contributed by atoms with Crippen molar-refractivity contribution in [2.75, 3.05) is 7.11 Å². The van der Waals surface area contributed by atoms with E-state index in [-0.39, 0.29) is 0 Å². The summed E-state index contributed by atoms with van der Waals surface area (Å²) in [5.41, 5.74) is 0.642. The molecule has 0 aliphatic rings. The number of methoxy groups -OCH3 is 1. The first kappa shape index (κ1) is 14.1. The largest absolute Gasteiger partial charge is 0.493 e. The van der Waals surface area contributed by atoms with Crippen LogP contribution in [0.2, 0.25) is 0 Å². The van der Waals surface area contributed by atoms with E-state index < -0.39 is 5.97 Å². The molecule has 5 nitrogen and oxygen atoms in total. The number of nitrogens with zero attached hydrogens (tertiary/aromatic N) is 1. The van der Waals surface area contributed by atoms with Gasteiger partial charge in [-0.3, -0.25) is 0 Å². The third-order valence-corrected chi connectivity index (χ3v) is 3.21. The average molecular weight is 291 g/mol. The van der Waals surface area contributed by atoms with Gasteiger partial charge in [0.1, 0.15) is 11.6 Å². The summed E-state index contributed by atoms with van der Waals surface area (Å²) in [7, 11) is 1.54. The fourth-order valence-electron chi connectivity index (χ4n) is 1.60. The fraction of sp³-hybridized carbons (Fsp3) is 0.143. The van der Waals surface area contributed by atoms with E-state index in [0.29, 0.717) is 23.7 Å². The summed E-state index contributed by atoms with van der Waals surface area (Å²) in [6.45, 7) is 0.311. The summed E-state index contributed by atoms with van der Waals surface area (Å²) >= 11 is 1.49. The van der Waals surface area contributed by atoms with E-state index in [0.717, 1.165) is 11.1 Å². The third kappa shape index (κ3) is 3.58. The van der Waals surface area contributed by atoms with Gasteiger partial charge in [0.25, 0.3) is 0 Å². The molecule has 0 radical (unpaired) electrons. The molecular weight excluding hydrogens is 278 g/mol. The highest BCUT2D eigenvalue weighted by Gasteiger charge is 2.10. The Kier molecular flexibility index (Phi) is 4.73. The second kappa shape index (κ2) is 6.72. The standard InChI is InChI=1S/C14H13NO4S/c1-18-11-4-2-3-10(5-6-13(16)17)14(11)19-9-12-15-7-8-20-12/h2-8H,9H2,1H3,(H,16,17)/b6-5+. The third-order valence-electron chi connectivity index (χ3n) is 2.46. The predicted molar refractivity (Wildman–Crippen MR) is 76.1 cm³/mol. The zero-order valence-electron chi connectivity index (χ0n) is 10.8. The second-order valence-electron chi connectivity index (χ2n) is 3.76. The van der Waals surface area contributed by atoms with Gasteiger partial charge in [-0.2, -0.15) is 0 Å². The maximum atomic E-state index is 10.6. The Hall–Kier alpha value is -2.34. The molecule has 0 saturated heterocycles. The van der Waals surface area contributed by atoms with Crippen LogP contribution in [0.1, 0.15) is 10.6 Å². The van der Waals surface area contributed by atoms with E-state index >= 15 is 0 Å². The van der Waals surface area contributed by atoms with Crippen LogP contribution >= 0.6 is 11.3 Å². The molecule has 0 aliphatic carbocycles. The number of para-hydroxylation sites is 1. The number of rotatable bonds is 6. The Morgan fingerprint density at radius 3 is 3.00 bits per heavy atom. The number of thiazole rings is 1. The van der Waals surface area contributed by atoms with Gasteiger partial charge in [-0.1, -0.05) is 12.1 Å². The summed E-state index contributed by atoms with van der Waals surface area (Å²) in [5, 5.41) is 11.4. The van der Waals surface area contributed by atoms with E-state index in [1.54, 1.807) is 24.4 Å². The van der Waals surface area contributed by atoms with Crippen molar-refractivity contribution >= 4 is 23.4 Å². The number of aliphatic carboxylic acids is 1. The maximum absolute atomic E-state index is 10.6. The minimum absolute atomic E-state index is 0.311. The van der Waals surface area contributed by atoms with Gasteiger partial charge < -0.3 is 14.6 Å². The molecule has 0 unspecified atom stereocenters. The van der Waals surface area contributed by atoms with Crippen molar-refractivity contribution in [3.05, 3.63) is 46.4 Å². The Labute approximate surface area is 120 Å². The molecule has 1 heterocycles. The number of carboxylic acid groups (broad SMARTS) is 1. The Morgan fingerprint density at radius 2 is 2.35 bits per heavy atom. The molecule has 0 amide bonds. The summed E-state index contributed by atoms with van der Waals surface area (Å²) in [6.07, 6.45) is 4.24. The van der Waals surface area contributed by atoms with E-state index in [2.05, 4.69) is 4.98 Å². The van der Waals surface area contributed by atoms with Gasteiger partial charge in [-0.05, 0) is 12.1 Å². The van der Waals surface area contributed by atoms with Crippen molar-refractivity contribution in [1.29, 1.82) is 0 Å². The number of ether oxygens (including phenoxy) is 2. The first-order chi connectivity index (χ1) is 9.70. The van der Waals surface area contributed by atoms with Crippen LogP contribution in [-0.2, 0) is 11.4 Å². The summed E-state index contributed by atoms with van der Waals surface area (Å²) in [4.78, 5) is 14.7. The lowest BCUT2D eigenvalue weighted by molar-refractivity contribution is -0.131. The monoisotopic (exact) mass is 291 g/mol. The molecule has 0 fully saturated rings. The van der Waals surface area contributed by atoms with Gasteiger partial charge in [0, 0.05) is 23.2 Å². The first-order valence-corrected chi connectivity index (χ1v) is 6.68. The van der Waals surface area contributed by atoms with Crippen LogP contribution in [0.3, 0.4) is 0 Å². The number of hydrogen-bond donors (Lipinski definition) is 1. The van der Waals surface area contributed by atoms with Crippen LogP contribution < -0.4 is 9.47 Å². The van der Waals surface area contributed by atoms with Crippen LogP contribution in [0.25, 0.3) is 6.08 Å². The van der Waals surface area contributed by atoms with Gasteiger partial charge in [-0.25, -0.2) is 9.78 Å².